The first-order valence-electron chi connectivity index (χ1n) is 10.0. The lowest BCUT2D eigenvalue weighted by Crippen LogP contribution is -2.00. The summed E-state index contributed by atoms with van der Waals surface area (Å²) >= 11 is 0. The normalized spacial score (nSPS) is 11.6. The van der Waals surface area contributed by atoms with E-state index in [0.717, 1.165) is 27.8 Å². The van der Waals surface area contributed by atoms with Crippen LogP contribution in [0.15, 0.2) is 100 Å². The Bertz CT molecular complexity index is 1460. The number of methoxy groups -OCH3 is 1. The van der Waals surface area contributed by atoms with Gasteiger partial charge in [0.2, 0.25) is 5.55 Å². The number of hydrogen-bond acceptors (Lipinski definition) is 6. The molecule has 0 unspecified atom stereocenters. The zero-order chi connectivity index (χ0) is 21.9. The standard InChI is InChI=1S/C26H19N3O3/c1-31-21-13-8-18(9-14-21)23-16-22(17-6-11-20(30)12-7-17)27-26(28-23)29-25-15-10-19-4-2-3-5-24(19)32-25/h2-16,30H,1H3/b29-25-. The van der Waals surface area contributed by atoms with Gasteiger partial charge in [0.25, 0.3) is 5.95 Å². The van der Waals surface area contributed by atoms with Crippen molar-refractivity contribution in [1.29, 1.82) is 0 Å². The van der Waals surface area contributed by atoms with E-state index < -0.39 is 0 Å². The van der Waals surface area contributed by atoms with Crippen molar-refractivity contribution in [3.8, 4) is 34.0 Å². The molecule has 0 saturated heterocycles. The van der Waals surface area contributed by atoms with Gasteiger partial charge in [0.05, 0.1) is 18.5 Å². The first kappa shape index (κ1) is 19.5. The van der Waals surface area contributed by atoms with Gasteiger partial charge in [0.15, 0.2) is 0 Å². The van der Waals surface area contributed by atoms with Crippen LogP contribution in [0.4, 0.5) is 5.95 Å². The molecular weight excluding hydrogens is 402 g/mol. The number of aromatic nitrogens is 2. The minimum absolute atomic E-state index is 0.193. The van der Waals surface area contributed by atoms with Gasteiger partial charge >= 0.3 is 0 Å². The molecule has 0 atom stereocenters. The molecule has 6 heteroatoms. The van der Waals surface area contributed by atoms with Gasteiger partial charge < -0.3 is 14.3 Å². The van der Waals surface area contributed by atoms with Gasteiger partial charge in [-0.05, 0) is 66.7 Å². The molecule has 0 amide bonds. The molecule has 0 aliphatic carbocycles. The maximum atomic E-state index is 9.65. The van der Waals surface area contributed by atoms with Crippen LogP contribution in [0.5, 0.6) is 11.5 Å². The SMILES string of the molecule is COc1ccc(-c2cc(-c3ccc(O)cc3)nc(/N=c3/ccc4ccccc4o3)n2)cc1. The summed E-state index contributed by atoms with van der Waals surface area (Å²) in [6.07, 6.45) is 0. The fraction of sp³-hybridized carbons (Fsp3) is 0.0385. The number of rotatable bonds is 4. The number of hydrogen-bond donors (Lipinski definition) is 1. The molecule has 1 N–H and O–H groups in total. The van der Waals surface area contributed by atoms with Crippen molar-refractivity contribution in [3.05, 3.63) is 96.5 Å². The first-order valence-corrected chi connectivity index (χ1v) is 10.0. The average molecular weight is 421 g/mol. The zero-order valence-electron chi connectivity index (χ0n) is 17.3. The minimum Gasteiger partial charge on any atom is -0.508 e. The molecule has 32 heavy (non-hydrogen) atoms. The van der Waals surface area contributed by atoms with Crippen LogP contribution in [0.3, 0.4) is 0 Å². The van der Waals surface area contributed by atoms with Crippen molar-refractivity contribution in [1.82, 2.24) is 9.97 Å². The highest BCUT2D eigenvalue weighted by Gasteiger charge is 2.09. The van der Waals surface area contributed by atoms with Gasteiger partial charge in [0, 0.05) is 22.6 Å². The summed E-state index contributed by atoms with van der Waals surface area (Å²) in [7, 11) is 1.63. The van der Waals surface area contributed by atoms with Gasteiger partial charge in [-0.1, -0.05) is 18.2 Å². The summed E-state index contributed by atoms with van der Waals surface area (Å²) in [6, 6.07) is 27.9. The van der Waals surface area contributed by atoms with E-state index in [4.69, 9.17) is 9.15 Å². The fourth-order valence-electron chi connectivity index (χ4n) is 3.35. The number of aromatic hydroxyl groups is 1. The molecule has 0 radical (unpaired) electrons. The molecule has 0 saturated carbocycles. The molecule has 5 rings (SSSR count). The summed E-state index contributed by atoms with van der Waals surface area (Å²) in [5, 5.41) is 10.6. The van der Waals surface area contributed by atoms with Crippen molar-refractivity contribution in [2.75, 3.05) is 7.11 Å². The molecule has 2 heterocycles. The molecule has 156 valence electrons. The lowest BCUT2D eigenvalue weighted by molar-refractivity contribution is 0.415. The van der Waals surface area contributed by atoms with Crippen molar-refractivity contribution in [2.45, 2.75) is 0 Å². The van der Waals surface area contributed by atoms with E-state index in [9.17, 15) is 5.11 Å². The van der Waals surface area contributed by atoms with Gasteiger partial charge in [-0.15, -0.1) is 0 Å². The summed E-state index contributed by atoms with van der Waals surface area (Å²) in [4.78, 5) is 13.8. The Labute approximate surface area is 184 Å². The highest BCUT2D eigenvalue weighted by Crippen LogP contribution is 2.28. The van der Waals surface area contributed by atoms with E-state index in [2.05, 4.69) is 15.0 Å². The first-order chi connectivity index (χ1) is 15.7. The predicted molar refractivity (Wildman–Crippen MR) is 123 cm³/mol. The molecule has 0 bridgehead atoms. The van der Waals surface area contributed by atoms with Gasteiger partial charge in [-0.3, -0.25) is 0 Å². The summed E-state index contributed by atoms with van der Waals surface area (Å²) in [5.74, 6) is 1.24. The average Bonchev–Trinajstić information content (AvgIpc) is 2.84. The second kappa shape index (κ2) is 8.35. The van der Waals surface area contributed by atoms with Crippen LogP contribution < -0.4 is 10.3 Å². The third kappa shape index (κ3) is 4.06. The maximum absolute atomic E-state index is 9.65. The van der Waals surface area contributed by atoms with Crippen molar-refractivity contribution in [2.24, 2.45) is 4.99 Å². The Kier molecular flexibility index (Phi) is 5.09. The molecule has 2 aromatic heterocycles. The van der Waals surface area contributed by atoms with E-state index >= 15 is 0 Å². The van der Waals surface area contributed by atoms with Crippen LogP contribution in [0.25, 0.3) is 33.5 Å². The van der Waals surface area contributed by atoms with Crippen LogP contribution in [0.2, 0.25) is 0 Å². The van der Waals surface area contributed by atoms with Crippen LogP contribution in [0.1, 0.15) is 0 Å². The maximum Gasteiger partial charge on any atom is 0.253 e. The Morgan fingerprint density at radius 3 is 2.12 bits per heavy atom. The number of benzene rings is 3. The van der Waals surface area contributed by atoms with Crippen molar-refractivity contribution < 1.29 is 14.3 Å². The zero-order valence-corrected chi connectivity index (χ0v) is 17.3. The van der Waals surface area contributed by atoms with Crippen LogP contribution >= 0.6 is 0 Å². The van der Waals surface area contributed by atoms with Crippen LogP contribution in [-0.4, -0.2) is 22.2 Å². The second-order valence-corrected chi connectivity index (χ2v) is 7.14. The number of para-hydroxylation sites is 1. The van der Waals surface area contributed by atoms with Gasteiger partial charge in [0.1, 0.15) is 17.1 Å². The molecule has 5 aromatic rings. The molecule has 0 spiro atoms. The minimum atomic E-state index is 0.193. The number of phenolic OH excluding ortho intramolecular Hbond substituents is 1. The van der Waals surface area contributed by atoms with Crippen LogP contribution in [0, 0.1) is 0 Å². The Morgan fingerprint density at radius 2 is 1.44 bits per heavy atom. The largest absolute Gasteiger partial charge is 0.508 e. The van der Waals surface area contributed by atoms with Gasteiger partial charge in [-0.25, -0.2) is 9.97 Å². The van der Waals surface area contributed by atoms with E-state index in [1.54, 1.807) is 37.4 Å². The molecule has 0 aliphatic rings. The Balaban J connectivity index is 1.66. The summed E-state index contributed by atoms with van der Waals surface area (Å²) in [6.45, 7) is 0. The Hall–Kier alpha value is -4.45. The van der Waals surface area contributed by atoms with Gasteiger partial charge in [-0.2, -0.15) is 4.99 Å². The van der Waals surface area contributed by atoms with Crippen LogP contribution in [-0.2, 0) is 0 Å². The van der Waals surface area contributed by atoms with E-state index in [0.29, 0.717) is 16.9 Å². The number of phenols is 1. The summed E-state index contributed by atoms with van der Waals surface area (Å²) < 4.78 is 11.2. The molecule has 3 aromatic carbocycles. The quantitative estimate of drug-likeness (QED) is 0.414. The van der Waals surface area contributed by atoms with E-state index in [1.165, 1.54) is 0 Å². The fourth-order valence-corrected chi connectivity index (χ4v) is 3.35. The van der Waals surface area contributed by atoms with Crippen molar-refractivity contribution in [3.63, 3.8) is 0 Å². The monoisotopic (exact) mass is 421 g/mol. The third-order valence-corrected chi connectivity index (χ3v) is 5.01. The van der Waals surface area contributed by atoms with E-state index in [-0.39, 0.29) is 11.7 Å². The molecular formula is C26H19N3O3. The lowest BCUT2D eigenvalue weighted by Gasteiger charge is -2.07. The molecule has 0 fully saturated rings. The predicted octanol–water partition coefficient (Wildman–Crippen LogP) is 5.50. The molecule has 6 nitrogen and oxygen atoms in total. The van der Waals surface area contributed by atoms with Crippen molar-refractivity contribution >= 4 is 16.9 Å². The highest BCUT2D eigenvalue weighted by molar-refractivity contribution is 5.75. The summed E-state index contributed by atoms with van der Waals surface area (Å²) in [5.41, 5.74) is 4.29. The lowest BCUT2D eigenvalue weighted by atomic mass is 10.1. The Morgan fingerprint density at radius 1 is 0.781 bits per heavy atom. The van der Waals surface area contributed by atoms with E-state index in [1.807, 2.05) is 60.7 Å². The second-order valence-electron chi connectivity index (χ2n) is 7.14. The number of fused-ring (bicyclic) bond motifs is 1. The topological polar surface area (TPSA) is 80.7 Å². The third-order valence-electron chi connectivity index (χ3n) is 5.01. The smallest absolute Gasteiger partial charge is 0.253 e. The molecule has 0 aliphatic heterocycles. The highest BCUT2D eigenvalue weighted by atomic mass is 16.5. The number of nitrogens with zero attached hydrogens (tertiary/aromatic N) is 3. The number of ether oxygens (including phenoxy) is 1.